The number of esters is 1. The summed E-state index contributed by atoms with van der Waals surface area (Å²) < 4.78 is 13.7. The maximum absolute atomic E-state index is 12.6. The summed E-state index contributed by atoms with van der Waals surface area (Å²) in [4.78, 5) is 29.9. The Labute approximate surface area is 184 Å². The van der Waals surface area contributed by atoms with Crippen LogP contribution in [0.4, 0.5) is 0 Å². The van der Waals surface area contributed by atoms with E-state index in [0.29, 0.717) is 28.6 Å². The number of thiazole rings is 1. The van der Waals surface area contributed by atoms with Gasteiger partial charge in [-0.3, -0.25) is 9.20 Å². The number of fused-ring (bicyclic) bond motifs is 1. The second kappa shape index (κ2) is 8.81. The maximum Gasteiger partial charge on any atom is 0.342 e. The molecular formula is C22H17BrN2O4S. The van der Waals surface area contributed by atoms with Crippen molar-refractivity contribution in [1.29, 1.82) is 0 Å². The largest absolute Gasteiger partial charge is 0.488 e. The fourth-order valence-corrected chi connectivity index (χ4v) is 4.28. The highest BCUT2D eigenvalue weighted by atomic mass is 79.9. The number of para-hydroxylation sites is 1. The van der Waals surface area contributed by atoms with Crippen LogP contribution >= 0.6 is 27.3 Å². The Morgan fingerprint density at radius 1 is 1.13 bits per heavy atom. The Bertz CT molecular complexity index is 1280. The summed E-state index contributed by atoms with van der Waals surface area (Å²) in [5, 5.41) is 1.86. The van der Waals surface area contributed by atoms with Crippen LogP contribution in [0.2, 0.25) is 0 Å². The first kappa shape index (κ1) is 20.3. The highest BCUT2D eigenvalue weighted by Crippen LogP contribution is 2.22. The fraction of sp³-hybridized carbons (Fsp3) is 0.136. The number of carbonyl (C=O) groups excluding carboxylic acids is 1. The van der Waals surface area contributed by atoms with Crippen LogP contribution in [0.5, 0.6) is 5.75 Å². The Kier molecular flexibility index (Phi) is 5.96. The Morgan fingerprint density at radius 3 is 2.80 bits per heavy atom. The lowest BCUT2D eigenvalue weighted by molar-refractivity contribution is 0.0462. The minimum absolute atomic E-state index is 0.0957. The van der Waals surface area contributed by atoms with Gasteiger partial charge in [0.15, 0.2) is 4.96 Å². The van der Waals surface area contributed by atoms with E-state index in [1.165, 1.54) is 21.8 Å². The molecule has 2 aromatic carbocycles. The van der Waals surface area contributed by atoms with E-state index >= 15 is 0 Å². The average molecular weight is 485 g/mol. The van der Waals surface area contributed by atoms with Crippen molar-refractivity contribution in [3.63, 3.8) is 0 Å². The number of hydrogen-bond acceptors (Lipinski definition) is 6. The normalized spacial score (nSPS) is 10.9. The fourth-order valence-electron chi connectivity index (χ4n) is 2.94. The number of benzene rings is 2. The monoisotopic (exact) mass is 484 g/mol. The third-order valence-electron chi connectivity index (χ3n) is 4.37. The summed E-state index contributed by atoms with van der Waals surface area (Å²) in [7, 11) is 0. The third kappa shape index (κ3) is 4.44. The predicted octanol–water partition coefficient (Wildman–Crippen LogP) is 4.76. The highest BCUT2D eigenvalue weighted by molar-refractivity contribution is 9.10. The summed E-state index contributed by atoms with van der Waals surface area (Å²) in [6.45, 7) is 2.06. The van der Waals surface area contributed by atoms with Gasteiger partial charge < -0.3 is 9.47 Å². The Hall–Kier alpha value is -2.97. The van der Waals surface area contributed by atoms with E-state index in [2.05, 4.69) is 20.9 Å². The van der Waals surface area contributed by atoms with E-state index in [1.54, 1.807) is 24.3 Å². The molecule has 6 nitrogen and oxygen atoms in total. The summed E-state index contributed by atoms with van der Waals surface area (Å²) in [5.41, 5.74) is 2.33. The van der Waals surface area contributed by atoms with E-state index in [0.717, 1.165) is 15.7 Å². The second-order valence-electron chi connectivity index (χ2n) is 6.57. The van der Waals surface area contributed by atoms with Crippen LogP contribution in [0.15, 0.2) is 69.2 Å². The first-order valence-corrected chi connectivity index (χ1v) is 10.8. The van der Waals surface area contributed by atoms with Gasteiger partial charge in [-0.2, -0.15) is 0 Å². The van der Waals surface area contributed by atoms with Gasteiger partial charge in [-0.05, 0) is 36.8 Å². The van der Waals surface area contributed by atoms with Gasteiger partial charge in [-0.1, -0.05) is 40.2 Å². The highest BCUT2D eigenvalue weighted by Gasteiger charge is 2.15. The molecule has 30 heavy (non-hydrogen) atoms. The van der Waals surface area contributed by atoms with Crippen LogP contribution in [0.25, 0.3) is 4.96 Å². The first-order chi connectivity index (χ1) is 14.5. The van der Waals surface area contributed by atoms with Gasteiger partial charge >= 0.3 is 5.97 Å². The molecule has 0 fully saturated rings. The van der Waals surface area contributed by atoms with Crippen molar-refractivity contribution in [2.75, 3.05) is 0 Å². The molecule has 0 unspecified atom stereocenters. The molecular weight excluding hydrogens is 468 g/mol. The van der Waals surface area contributed by atoms with E-state index in [4.69, 9.17) is 9.47 Å². The Morgan fingerprint density at radius 2 is 1.97 bits per heavy atom. The van der Waals surface area contributed by atoms with Crippen LogP contribution in [-0.2, 0) is 18.0 Å². The van der Waals surface area contributed by atoms with E-state index in [-0.39, 0.29) is 12.2 Å². The molecule has 4 rings (SSSR count). The van der Waals surface area contributed by atoms with Gasteiger partial charge in [0, 0.05) is 21.6 Å². The minimum Gasteiger partial charge on any atom is -0.488 e. The molecule has 2 heterocycles. The lowest BCUT2D eigenvalue weighted by Crippen LogP contribution is -2.16. The molecule has 0 radical (unpaired) electrons. The van der Waals surface area contributed by atoms with Gasteiger partial charge in [-0.15, -0.1) is 11.3 Å². The van der Waals surface area contributed by atoms with Crippen molar-refractivity contribution in [2.24, 2.45) is 0 Å². The smallest absolute Gasteiger partial charge is 0.342 e. The zero-order valence-electron chi connectivity index (χ0n) is 16.0. The zero-order valence-corrected chi connectivity index (χ0v) is 18.4. The molecule has 0 aliphatic heterocycles. The van der Waals surface area contributed by atoms with Crippen LogP contribution in [0.1, 0.15) is 27.3 Å². The van der Waals surface area contributed by atoms with E-state index in [9.17, 15) is 9.59 Å². The zero-order chi connectivity index (χ0) is 21.1. The van der Waals surface area contributed by atoms with Gasteiger partial charge in [0.1, 0.15) is 24.5 Å². The number of halogens is 1. The number of aryl methyl sites for hydroxylation is 1. The summed E-state index contributed by atoms with van der Waals surface area (Å²) in [5.74, 6) is -0.107. The third-order valence-corrected chi connectivity index (χ3v) is 5.81. The minimum atomic E-state index is -0.538. The quantitative estimate of drug-likeness (QED) is 0.369. The molecule has 0 spiro atoms. The van der Waals surface area contributed by atoms with Crippen molar-refractivity contribution < 1.29 is 14.3 Å². The van der Waals surface area contributed by atoms with Crippen molar-refractivity contribution in [3.8, 4) is 5.75 Å². The van der Waals surface area contributed by atoms with Gasteiger partial charge in [0.05, 0.1) is 5.69 Å². The molecule has 152 valence electrons. The van der Waals surface area contributed by atoms with Gasteiger partial charge in [0.2, 0.25) is 0 Å². The van der Waals surface area contributed by atoms with Gasteiger partial charge in [0.25, 0.3) is 5.56 Å². The molecule has 0 amide bonds. The average Bonchev–Trinajstić information content (AvgIpc) is 3.12. The van der Waals surface area contributed by atoms with Crippen LogP contribution in [0, 0.1) is 6.92 Å². The topological polar surface area (TPSA) is 69.9 Å². The van der Waals surface area contributed by atoms with Crippen LogP contribution in [0.3, 0.4) is 0 Å². The van der Waals surface area contributed by atoms with Crippen molar-refractivity contribution >= 4 is 38.2 Å². The molecule has 0 bridgehead atoms. The lowest BCUT2D eigenvalue weighted by atomic mass is 10.2. The Balaban J connectivity index is 1.47. The second-order valence-corrected chi connectivity index (χ2v) is 8.32. The number of nitrogens with zero attached hydrogens (tertiary/aromatic N) is 2. The SMILES string of the molecule is Cc1csc2nc(COC(=O)c3ccccc3OCc3cccc(Br)c3)cc(=O)n12. The summed E-state index contributed by atoms with van der Waals surface area (Å²) in [6.07, 6.45) is 0. The van der Waals surface area contributed by atoms with Crippen molar-refractivity contribution in [3.05, 3.63) is 97.3 Å². The predicted molar refractivity (Wildman–Crippen MR) is 118 cm³/mol. The molecule has 8 heteroatoms. The van der Waals surface area contributed by atoms with Crippen molar-refractivity contribution in [2.45, 2.75) is 20.1 Å². The van der Waals surface area contributed by atoms with E-state index in [1.807, 2.05) is 36.6 Å². The molecule has 4 aromatic rings. The van der Waals surface area contributed by atoms with Crippen LogP contribution in [-0.4, -0.2) is 15.4 Å². The molecule has 0 atom stereocenters. The molecule has 0 N–H and O–H groups in total. The lowest BCUT2D eigenvalue weighted by Gasteiger charge is -2.11. The molecule has 0 aliphatic carbocycles. The summed E-state index contributed by atoms with van der Waals surface area (Å²) >= 11 is 4.80. The van der Waals surface area contributed by atoms with Crippen molar-refractivity contribution in [1.82, 2.24) is 9.38 Å². The van der Waals surface area contributed by atoms with Crippen LogP contribution < -0.4 is 10.3 Å². The maximum atomic E-state index is 12.6. The standard InChI is InChI=1S/C22H17BrN2O4S/c1-14-13-30-22-24-17(10-20(26)25(14)22)12-29-21(27)18-7-2-3-8-19(18)28-11-15-5-4-6-16(23)9-15/h2-10,13H,11-12H2,1H3. The molecule has 2 aromatic heterocycles. The number of hydrogen-bond donors (Lipinski definition) is 0. The first-order valence-electron chi connectivity index (χ1n) is 9.11. The molecule has 0 saturated heterocycles. The molecule has 0 saturated carbocycles. The summed E-state index contributed by atoms with van der Waals surface area (Å²) in [6, 6.07) is 16.0. The molecule has 0 aliphatic rings. The number of rotatable bonds is 6. The van der Waals surface area contributed by atoms with E-state index < -0.39 is 5.97 Å². The van der Waals surface area contributed by atoms with Gasteiger partial charge in [-0.25, -0.2) is 9.78 Å². The number of carbonyl (C=O) groups is 1. The number of ether oxygens (including phenoxy) is 2. The number of aromatic nitrogens is 2.